The number of nitrogens with zero attached hydrogens (tertiary/aromatic N) is 3. The normalized spacial score (nSPS) is 16.3. The van der Waals surface area contributed by atoms with Gasteiger partial charge < -0.3 is 10.6 Å². The highest BCUT2D eigenvalue weighted by Gasteiger charge is 2.19. The summed E-state index contributed by atoms with van der Waals surface area (Å²) >= 11 is 0. The summed E-state index contributed by atoms with van der Waals surface area (Å²) in [5, 5.41) is 6.56. The number of halogens is 1. The summed E-state index contributed by atoms with van der Waals surface area (Å²) < 4.78 is 26.8. The second-order valence-corrected chi connectivity index (χ2v) is 8.50. The number of piperidine rings is 1. The fraction of sp³-hybridized carbons (Fsp3) is 0.556. The van der Waals surface area contributed by atoms with Crippen LogP contribution >= 0.6 is 24.0 Å². The fourth-order valence-electron chi connectivity index (χ4n) is 2.96. The molecule has 0 amide bonds. The van der Waals surface area contributed by atoms with E-state index in [0.29, 0.717) is 18.5 Å². The first-order chi connectivity index (χ1) is 12.9. The standard InChI is InChI=1S/C18H30N6O2S.HI/c1-15(2)14-24-11-6-16(7-12-24)23-18(19-3)21-9-10-22-27(25,26)17-5-4-8-20-13-17;/h4-5,8,13,16,22H,1,6-7,9-12,14H2,2-3H3,(H2,19,21,23);1H. The van der Waals surface area contributed by atoms with Crippen molar-refractivity contribution >= 4 is 40.0 Å². The van der Waals surface area contributed by atoms with Crippen molar-refractivity contribution in [2.45, 2.75) is 30.7 Å². The Labute approximate surface area is 185 Å². The van der Waals surface area contributed by atoms with Gasteiger partial charge in [-0.05, 0) is 31.9 Å². The molecule has 10 heteroatoms. The lowest BCUT2D eigenvalue weighted by Gasteiger charge is -2.33. The van der Waals surface area contributed by atoms with Gasteiger partial charge in [0.1, 0.15) is 4.90 Å². The molecule has 3 N–H and O–H groups in total. The number of guanidine groups is 1. The molecular formula is C18H31IN6O2S. The van der Waals surface area contributed by atoms with Gasteiger partial charge in [0.2, 0.25) is 10.0 Å². The monoisotopic (exact) mass is 522 g/mol. The van der Waals surface area contributed by atoms with E-state index in [2.05, 4.69) is 43.7 Å². The van der Waals surface area contributed by atoms with Crippen LogP contribution in [-0.4, -0.2) is 70.1 Å². The van der Waals surface area contributed by atoms with E-state index < -0.39 is 10.0 Å². The highest BCUT2D eigenvalue weighted by molar-refractivity contribution is 14.0. The lowest BCUT2D eigenvalue weighted by molar-refractivity contribution is 0.221. The Hall–Kier alpha value is -1.24. The second-order valence-electron chi connectivity index (χ2n) is 6.74. The molecule has 1 fully saturated rings. The number of aromatic nitrogens is 1. The third kappa shape index (κ3) is 8.41. The van der Waals surface area contributed by atoms with Crippen molar-refractivity contribution in [3.05, 3.63) is 36.7 Å². The van der Waals surface area contributed by atoms with Crippen molar-refractivity contribution in [3.63, 3.8) is 0 Å². The number of likely N-dealkylation sites (tertiary alicyclic amines) is 1. The highest BCUT2D eigenvalue weighted by Crippen LogP contribution is 2.11. The predicted molar refractivity (Wildman–Crippen MR) is 124 cm³/mol. The minimum atomic E-state index is -3.53. The molecule has 0 spiro atoms. The zero-order chi connectivity index (χ0) is 19.7. The van der Waals surface area contributed by atoms with Crippen LogP contribution in [0.25, 0.3) is 0 Å². The summed E-state index contributed by atoms with van der Waals surface area (Å²) in [5.74, 6) is 0.689. The van der Waals surface area contributed by atoms with E-state index in [1.165, 1.54) is 17.8 Å². The molecule has 0 unspecified atom stereocenters. The largest absolute Gasteiger partial charge is 0.355 e. The molecule has 1 aromatic rings. The highest BCUT2D eigenvalue weighted by atomic mass is 127. The van der Waals surface area contributed by atoms with Crippen LogP contribution < -0.4 is 15.4 Å². The smallest absolute Gasteiger partial charge is 0.242 e. The van der Waals surface area contributed by atoms with Crippen LogP contribution in [0.1, 0.15) is 19.8 Å². The van der Waals surface area contributed by atoms with Gasteiger partial charge in [-0.1, -0.05) is 12.2 Å². The molecule has 1 aliphatic heterocycles. The van der Waals surface area contributed by atoms with E-state index in [-0.39, 0.29) is 35.4 Å². The van der Waals surface area contributed by atoms with E-state index in [1.807, 2.05) is 0 Å². The Morgan fingerprint density at radius 2 is 2.07 bits per heavy atom. The molecule has 0 aromatic carbocycles. The van der Waals surface area contributed by atoms with Gasteiger partial charge in [-0.15, -0.1) is 24.0 Å². The van der Waals surface area contributed by atoms with Gasteiger partial charge in [0.15, 0.2) is 5.96 Å². The molecule has 2 rings (SSSR count). The molecule has 1 aliphatic rings. The molecule has 2 heterocycles. The van der Waals surface area contributed by atoms with Crippen molar-refractivity contribution in [1.82, 2.24) is 25.2 Å². The van der Waals surface area contributed by atoms with Gasteiger partial charge in [0.05, 0.1) is 0 Å². The third-order valence-corrected chi connectivity index (χ3v) is 5.75. The van der Waals surface area contributed by atoms with Crippen LogP contribution in [0.2, 0.25) is 0 Å². The number of nitrogens with one attached hydrogen (secondary N) is 3. The molecular weight excluding hydrogens is 491 g/mol. The predicted octanol–water partition coefficient (Wildman–Crippen LogP) is 1.18. The first-order valence-corrected chi connectivity index (χ1v) is 10.6. The molecule has 8 nitrogen and oxygen atoms in total. The Balaban J connectivity index is 0.00000392. The Kier molecular flexibility index (Phi) is 10.9. The average molecular weight is 522 g/mol. The summed E-state index contributed by atoms with van der Waals surface area (Å²) in [4.78, 5) is 10.6. The molecule has 0 bridgehead atoms. The maximum absolute atomic E-state index is 12.1. The Morgan fingerprint density at radius 1 is 1.36 bits per heavy atom. The SMILES string of the molecule is C=C(C)CN1CCC(NC(=NC)NCCNS(=O)(=O)c2cccnc2)CC1.I. The molecule has 1 aromatic heterocycles. The third-order valence-electron chi connectivity index (χ3n) is 4.30. The van der Waals surface area contributed by atoms with Crippen LogP contribution in [0.15, 0.2) is 46.6 Å². The maximum atomic E-state index is 12.1. The van der Waals surface area contributed by atoms with Gasteiger partial charge in [0, 0.05) is 58.2 Å². The van der Waals surface area contributed by atoms with E-state index >= 15 is 0 Å². The van der Waals surface area contributed by atoms with Crippen molar-refractivity contribution in [3.8, 4) is 0 Å². The van der Waals surface area contributed by atoms with E-state index in [0.717, 1.165) is 32.5 Å². The minimum absolute atomic E-state index is 0. The topological polar surface area (TPSA) is 98.7 Å². The number of pyridine rings is 1. The number of aliphatic imine (C=N–C) groups is 1. The van der Waals surface area contributed by atoms with Crippen LogP contribution in [-0.2, 0) is 10.0 Å². The molecule has 158 valence electrons. The van der Waals surface area contributed by atoms with Crippen molar-refractivity contribution in [1.29, 1.82) is 0 Å². The molecule has 28 heavy (non-hydrogen) atoms. The van der Waals surface area contributed by atoms with Gasteiger partial charge in [0.25, 0.3) is 0 Å². The van der Waals surface area contributed by atoms with Crippen LogP contribution in [0.5, 0.6) is 0 Å². The summed E-state index contributed by atoms with van der Waals surface area (Å²) in [6, 6.07) is 3.48. The summed E-state index contributed by atoms with van der Waals surface area (Å²) in [6.07, 6.45) is 4.96. The average Bonchev–Trinajstić information content (AvgIpc) is 2.66. The zero-order valence-corrected chi connectivity index (χ0v) is 19.7. The quantitative estimate of drug-likeness (QED) is 0.156. The zero-order valence-electron chi connectivity index (χ0n) is 16.5. The van der Waals surface area contributed by atoms with Crippen molar-refractivity contribution in [2.75, 3.05) is 39.8 Å². The Bertz CT molecular complexity index is 734. The number of rotatable bonds is 8. The van der Waals surface area contributed by atoms with Crippen LogP contribution in [0.4, 0.5) is 0 Å². The van der Waals surface area contributed by atoms with Gasteiger partial charge >= 0.3 is 0 Å². The molecule has 0 radical (unpaired) electrons. The fourth-order valence-corrected chi connectivity index (χ4v) is 3.96. The van der Waals surface area contributed by atoms with Gasteiger partial charge in [-0.2, -0.15) is 0 Å². The summed E-state index contributed by atoms with van der Waals surface area (Å²) in [7, 11) is -1.82. The first kappa shape index (κ1) is 24.8. The lowest BCUT2D eigenvalue weighted by Crippen LogP contribution is -2.49. The van der Waals surface area contributed by atoms with Crippen LogP contribution in [0.3, 0.4) is 0 Å². The van der Waals surface area contributed by atoms with E-state index in [9.17, 15) is 8.42 Å². The lowest BCUT2D eigenvalue weighted by atomic mass is 10.0. The van der Waals surface area contributed by atoms with Crippen molar-refractivity contribution in [2.24, 2.45) is 4.99 Å². The summed E-state index contributed by atoms with van der Waals surface area (Å²) in [5.41, 5.74) is 1.19. The molecule has 0 aliphatic carbocycles. The molecule has 0 atom stereocenters. The second kappa shape index (κ2) is 12.3. The van der Waals surface area contributed by atoms with E-state index in [1.54, 1.807) is 19.3 Å². The maximum Gasteiger partial charge on any atom is 0.242 e. The molecule has 0 saturated carbocycles. The number of hydrogen-bond acceptors (Lipinski definition) is 5. The van der Waals surface area contributed by atoms with Gasteiger partial charge in [-0.25, -0.2) is 13.1 Å². The Morgan fingerprint density at radius 3 is 2.64 bits per heavy atom. The van der Waals surface area contributed by atoms with E-state index in [4.69, 9.17) is 0 Å². The summed E-state index contributed by atoms with van der Waals surface area (Å²) in [6.45, 7) is 9.74. The van der Waals surface area contributed by atoms with Crippen LogP contribution in [0, 0.1) is 0 Å². The van der Waals surface area contributed by atoms with Gasteiger partial charge in [-0.3, -0.25) is 14.9 Å². The molecule has 1 saturated heterocycles. The van der Waals surface area contributed by atoms with Crippen molar-refractivity contribution < 1.29 is 8.42 Å². The number of hydrogen-bond donors (Lipinski definition) is 3. The minimum Gasteiger partial charge on any atom is -0.355 e. The first-order valence-electron chi connectivity index (χ1n) is 9.14. The number of sulfonamides is 1.